The maximum absolute atomic E-state index is 12.7. The van der Waals surface area contributed by atoms with Crippen molar-refractivity contribution < 1.29 is 13.9 Å². The zero-order valence-electron chi connectivity index (χ0n) is 15.6. The third-order valence-electron chi connectivity index (χ3n) is 4.55. The minimum atomic E-state index is -0.214. The number of ether oxygens (including phenoxy) is 1. The molecule has 1 N–H and O–H groups in total. The van der Waals surface area contributed by atoms with Gasteiger partial charge in [-0.15, -0.1) is 0 Å². The van der Waals surface area contributed by atoms with E-state index in [-0.39, 0.29) is 11.9 Å². The largest absolute Gasteiger partial charge is 0.443 e. The second-order valence-corrected chi connectivity index (χ2v) is 6.46. The van der Waals surface area contributed by atoms with Crippen LogP contribution in [-0.4, -0.2) is 42.5 Å². The van der Waals surface area contributed by atoms with Gasteiger partial charge in [-0.25, -0.2) is 9.98 Å². The molecule has 28 heavy (non-hydrogen) atoms. The number of benzene rings is 2. The predicted molar refractivity (Wildman–Crippen MR) is 106 cm³/mol. The van der Waals surface area contributed by atoms with Gasteiger partial charge in [0.15, 0.2) is 12.0 Å². The molecule has 142 valence electrons. The molecule has 0 saturated carbocycles. The summed E-state index contributed by atoms with van der Waals surface area (Å²) in [5, 5.41) is 3.13. The predicted octanol–water partition coefficient (Wildman–Crippen LogP) is 2.97. The first-order valence-electron chi connectivity index (χ1n) is 8.87. The van der Waals surface area contributed by atoms with Gasteiger partial charge in [-0.3, -0.25) is 9.69 Å². The average molecular weight is 376 g/mol. The van der Waals surface area contributed by atoms with Gasteiger partial charge in [-0.05, 0) is 29.3 Å². The Morgan fingerprint density at radius 3 is 2.89 bits per heavy atom. The van der Waals surface area contributed by atoms with E-state index in [1.54, 1.807) is 20.2 Å². The van der Waals surface area contributed by atoms with E-state index < -0.39 is 0 Å². The van der Waals surface area contributed by atoms with Crippen LogP contribution < -0.4 is 5.32 Å². The Morgan fingerprint density at radius 1 is 1.29 bits per heavy atom. The zero-order valence-corrected chi connectivity index (χ0v) is 15.6. The normalized spacial score (nSPS) is 18.2. The van der Waals surface area contributed by atoms with E-state index in [4.69, 9.17) is 14.1 Å². The van der Waals surface area contributed by atoms with Crippen molar-refractivity contribution in [2.75, 3.05) is 20.8 Å². The van der Waals surface area contributed by atoms with Crippen LogP contribution >= 0.6 is 0 Å². The van der Waals surface area contributed by atoms with Gasteiger partial charge in [-0.1, -0.05) is 36.4 Å². The topological polar surface area (TPSA) is 80.0 Å². The van der Waals surface area contributed by atoms with Crippen LogP contribution in [0.4, 0.5) is 0 Å². The van der Waals surface area contributed by atoms with Crippen molar-refractivity contribution in [1.29, 1.82) is 0 Å². The SMILES string of the molecule is COCC(N=C1N/C(=C\c2ccc3ncoc3c2)C(=O)N1C)c1ccccc1. The van der Waals surface area contributed by atoms with Crippen LogP contribution in [0.1, 0.15) is 17.2 Å². The Labute approximate surface area is 162 Å². The highest BCUT2D eigenvalue weighted by molar-refractivity contribution is 6.15. The summed E-state index contributed by atoms with van der Waals surface area (Å²) < 4.78 is 10.6. The summed E-state index contributed by atoms with van der Waals surface area (Å²) >= 11 is 0. The van der Waals surface area contributed by atoms with Crippen LogP contribution in [0.3, 0.4) is 0 Å². The Balaban J connectivity index is 1.62. The Morgan fingerprint density at radius 2 is 2.11 bits per heavy atom. The molecule has 3 aromatic rings. The van der Waals surface area contributed by atoms with Crippen molar-refractivity contribution >= 4 is 29.0 Å². The number of hydrogen-bond acceptors (Lipinski definition) is 5. The highest BCUT2D eigenvalue weighted by atomic mass is 16.5. The standard InChI is InChI=1S/C21H20N4O3/c1-25-20(26)17(10-14-8-9-16-19(11-14)28-13-22-16)23-21(25)24-18(12-27-2)15-6-4-3-5-7-15/h3-11,13,18H,12H2,1-2H3,(H,23,24)/b17-10-. The molecular weight excluding hydrogens is 356 g/mol. The summed E-state index contributed by atoms with van der Waals surface area (Å²) in [4.78, 5) is 23.0. The number of fused-ring (bicyclic) bond motifs is 1. The number of amides is 1. The molecule has 1 aliphatic heterocycles. The highest BCUT2D eigenvalue weighted by Gasteiger charge is 2.29. The number of carbonyl (C=O) groups is 1. The van der Waals surface area contributed by atoms with Gasteiger partial charge in [0.05, 0.1) is 6.61 Å². The van der Waals surface area contributed by atoms with Crippen LogP contribution in [0.5, 0.6) is 0 Å². The third kappa shape index (κ3) is 3.52. The summed E-state index contributed by atoms with van der Waals surface area (Å²) in [6.45, 7) is 0.415. The first-order valence-corrected chi connectivity index (χ1v) is 8.87. The van der Waals surface area contributed by atoms with Crippen molar-refractivity contribution in [3.05, 3.63) is 71.7 Å². The first kappa shape index (κ1) is 17.9. The van der Waals surface area contributed by atoms with Gasteiger partial charge in [-0.2, -0.15) is 0 Å². The number of methoxy groups -OCH3 is 1. The van der Waals surface area contributed by atoms with Crippen LogP contribution in [0.25, 0.3) is 17.2 Å². The molecule has 1 fully saturated rings. The highest BCUT2D eigenvalue weighted by Crippen LogP contribution is 2.21. The maximum atomic E-state index is 12.7. The molecule has 1 aromatic heterocycles. The number of nitrogens with one attached hydrogen (secondary N) is 1. The molecule has 0 radical (unpaired) electrons. The molecule has 0 aliphatic carbocycles. The van der Waals surface area contributed by atoms with E-state index in [9.17, 15) is 4.79 Å². The summed E-state index contributed by atoms with van der Waals surface area (Å²) in [5.74, 6) is 0.337. The molecule has 2 aromatic carbocycles. The lowest BCUT2D eigenvalue weighted by Gasteiger charge is -2.15. The van der Waals surface area contributed by atoms with Crippen molar-refractivity contribution in [3.63, 3.8) is 0 Å². The van der Waals surface area contributed by atoms with E-state index in [1.165, 1.54) is 11.3 Å². The first-order chi connectivity index (χ1) is 13.7. The average Bonchev–Trinajstić information content (AvgIpc) is 3.28. The number of aliphatic imine (C=N–C) groups is 1. The number of guanidine groups is 1. The maximum Gasteiger partial charge on any atom is 0.276 e. The minimum absolute atomic E-state index is 0.152. The van der Waals surface area contributed by atoms with Crippen LogP contribution in [0.15, 0.2) is 70.0 Å². The van der Waals surface area contributed by atoms with E-state index in [0.717, 1.165) is 16.6 Å². The van der Waals surface area contributed by atoms with Crippen molar-refractivity contribution in [2.24, 2.45) is 4.99 Å². The monoisotopic (exact) mass is 376 g/mol. The van der Waals surface area contributed by atoms with Gasteiger partial charge in [0, 0.05) is 14.2 Å². The van der Waals surface area contributed by atoms with E-state index in [2.05, 4.69) is 10.3 Å². The van der Waals surface area contributed by atoms with Gasteiger partial charge < -0.3 is 14.5 Å². The second kappa shape index (κ2) is 7.66. The number of nitrogens with zero attached hydrogens (tertiary/aromatic N) is 3. The van der Waals surface area contributed by atoms with Crippen LogP contribution in [0.2, 0.25) is 0 Å². The number of hydrogen-bond donors (Lipinski definition) is 1. The lowest BCUT2D eigenvalue weighted by atomic mass is 10.1. The molecule has 7 nitrogen and oxygen atoms in total. The van der Waals surface area contributed by atoms with Crippen LogP contribution in [-0.2, 0) is 9.53 Å². The Kier molecular flexibility index (Phi) is 4.90. The molecular formula is C21H20N4O3. The molecule has 1 atom stereocenters. The zero-order chi connectivity index (χ0) is 19.5. The van der Waals surface area contributed by atoms with E-state index in [1.807, 2.05) is 48.5 Å². The number of carbonyl (C=O) groups excluding carboxylic acids is 1. The Bertz CT molecular complexity index is 1060. The van der Waals surface area contributed by atoms with Gasteiger partial charge in [0.2, 0.25) is 5.96 Å². The van der Waals surface area contributed by atoms with Gasteiger partial charge in [0.25, 0.3) is 5.91 Å². The lowest BCUT2D eigenvalue weighted by Crippen LogP contribution is -2.29. The molecule has 1 aliphatic rings. The van der Waals surface area contributed by atoms with Crippen LogP contribution in [0, 0.1) is 0 Å². The van der Waals surface area contributed by atoms with Crippen molar-refractivity contribution in [3.8, 4) is 0 Å². The molecule has 1 amide bonds. The summed E-state index contributed by atoms with van der Waals surface area (Å²) in [6, 6.07) is 15.2. The lowest BCUT2D eigenvalue weighted by molar-refractivity contribution is -0.121. The van der Waals surface area contributed by atoms with Gasteiger partial charge in [0.1, 0.15) is 17.3 Å². The fraction of sp³-hybridized carbons (Fsp3) is 0.190. The molecule has 0 spiro atoms. The molecule has 1 saturated heterocycles. The molecule has 1 unspecified atom stereocenters. The third-order valence-corrected chi connectivity index (χ3v) is 4.55. The number of likely N-dealkylation sites (N-methyl/N-ethyl adjacent to an activating group) is 1. The fourth-order valence-corrected chi connectivity index (χ4v) is 3.07. The fourth-order valence-electron chi connectivity index (χ4n) is 3.07. The second-order valence-electron chi connectivity index (χ2n) is 6.46. The van der Waals surface area contributed by atoms with Crippen molar-refractivity contribution in [2.45, 2.75) is 6.04 Å². The summed E-state index contributed by atoms with van der Waals surface area (Å²) in [7, 11) is 3.33. The number of aromatic nitrogens is 1. The smallest absolute Gasteiger partial charge is 0.276 e. The number of rotatable bonds is 5. The Hall–Kier alpha value is -3.45. The van der Waals surface area contributed by atoms with Crippen molar-refractivity contribution in [1.82, 2.24) is 15.2 Å². The van der Waals surface area contributed by atoms with E-state index >= 15 is 0 Å². The summed E-state index contributed by atoms with van der Waals surface area (Å²) in [6.07, 6.45) is 3.18. The molecule has 2 heterocycles. The van der Waals surface area contributed by atoms with E-state index in [0.29, 0.717) is 23.8 Å². The molecule has 4 rings (SSSR count). The quantitative estimate of drug-likeness (QED) is 0.693. The van der Waals surface area contributed by atoms with Gasteiger partial charge >= 0.3 is 0 Å². The molecule has 7 heteroatoms. The minimum Gasteiger partial charge on any atom is -0.443 e. The molecule has 0 bridgehead atoms. The number of oxazole rings is 1. The summed E-state index contributed by atoms with van der Waals surface area (Å²) in [5.41, 5.74) is 3.76.